The SMILES string of the molecule is CCNC(Cc1ccsc1)C1CCOC2(CCSCC2)C1. The fraction of sp³-hybridized carbons (Fsp3) is 0.765. The normalized spacial score (nSPS) is 26.8. The number of thiophene rings is 1. The van der Waals surface area contributed by atoms with Crippen LogP contribution in [0.15, 0.2) is 16.8 Å². The van der Waals surface area contributed by atoms with Gasteiger partial charge in [0, 0.05) is 12.6 Å². The smallest absolute Gasteiger partial charge is 0.0701 e. The molecular weight excluding hydrogens is 298 g/mol. The lowest BCUT2D eigenvalue weighted by atomic mass is 9.77. The second-order valence-corrected chi connectivity index (χ2v) is 8.40. The molecule has 0 saturated carbocycles. The Labute approximate surface area is 137 Å². The molecule has 2 fully saturated rings. The summed E-state index contributed by atoms with van der Waals surface area (Å²) in [6.07, 6.45) is 6.16. The zero-order chi connectivity index (χ0) is 14.5. The summed E-state index contributed by atoms with van der Waals surface area (Å²) in [5.41, 5.74) is 1.70. The van der Waals surface area contributed by atoms with Gasteiger partial charge < -0.3 is 10.1 Å². The van der Waals surface area contributed by atoms with E-state index >= 15 is 0 Å². The van der Waals surface area contributed by atoms with Crippen LogP contribution in [0, 0.1) is 5.92 Å². The van der Waals surface area contributed by atoms with Crippen molar-refractivity contribution < 1.29 is 4.74 Å². The predicted octanol–water partition coefficient (Wildman–Crippen LogP) is 3.96. The van der Waals surface area contributed by atoms with Crippen LogP contribution in [0.1, 0.15) is 38.2 Å². The summed E-state index contributed by atoms with van der Waals surface area (Å²) in [5, 5.41) is 8.26. The lowest BCUT2D eigenvalue weighted by Crippen LogP contribution is -2.49. The van der Waals surface area contributed by atoms with Gasteiger partial charge >= 0.3 is 0 Å². The average Bonchev–Trinajstić information content (AvgIpc) is 3.01. The summed E-state index contributed by atoms with van der Waals surface area (Å²) < 4.78 is 6.26. The number of likely N-dealkylation sites (N-methyl/N-ethyl adjacent to an activating group) is 1. The quantitative estimate of drug-likeness (QED) is 0.885. The Bertz CT molecular complexity index is 409. The monoisotopic (exact) mass is 325 g/mol. The molecule has 0 radical (unpaired) electrons. The van der Waals surface area contributed by atoms with Crippen molar-refractivity contribution in [2.75, 3.05) is 24.7 Å². The Balaban J connectivity index is 1.66. The van der Waals surface area contributed by atoms with Crippen molar-refractivity contribution in [1.29, 1.82) is 0 Å². The van der Waals surface area contributed by atoms with Gasteiger partial charge in [-0.3, -0.25) is 0 Å². The van der Waals surface area contributed by atoms with E-state index in [0.29, 0.717) is 6.04 Å². The van der Waals surface area contributed by atoms with Crippen LogP contribution in [0.3, 0.4) is 0 Å². The Morgan fingerprint density at radius 3 is 3.00 bits per heavy atom. The first-order valence-corrected chi connectivity index (χ1v) is 10.4. The standard InChI is InChI=1S/C17H27NOS2/c1-2-18-16(11-14-4-8-21-13-14)15-3-7-19-17(12-15)5-9-20-10-6-17/h4,8,13,15-16,18H,2-3,5-7,9-12H2,1H3. The van der Waals surface area contributed by atoms with Gasteiger partial charge in [0.25, 0.3) is 0 Å². The molecule has 3 heterocycles. The molecular formula is C17H27NOS2. The second kappa shape index (κ2) is 7.49. The molecule has 2 unspecified atom stereocenters. The minimum absolute atomic E-state index is 0.205. The summed E-state index contributed by atoms with van der Waals surface area (Å²) in [5.74, 6) is 3.33. The van der Waals surface area contributed by atoms with Gasteiger partial charge in [-0.2, -0.15) is 23.1 Å². The molecule has 2 aliphatic rings. The fourth-order valence-corrected chi connectivity index (χ4v) is 5.75. The molecule has 0 bridgehead atoms. The summed E-state index contributed by atoms with van der Waals surface area (Å²) in [7, 11) is 0. The first-order chi connectivity index (χ1) is 10.3. The Kier molecular flexibility index (Phi) is 5.66. The van der Waals surface area contributed by atoms with Crippen molar-refractivity contribution in [3.63, 3.8) is 0 Å². The van der Waals surface area contributed by atoms with Crippen LogP contribution in [0.4, 0.5) is 0 Å². The van der Waals surface area contributed by atoms with E-state index in [-0.39, 0.29) is 5.60 Å². The molecule has 4 heteroatoms. The lowest BCUT2D eigenvalue weighted by Gasteiger charge is -2.45. The number of ether oxygens (including phenoxy) is 1. The van der Waals surface area contributed by atoms with Crippen LogP contribution in [0.5, 0.6) is 0 Å². The van der Waals surface area contributed by atoms with Crippen molar-refractivity contribution in [3.8, 4) is 0 Å². The third kappa shape index (κ3) is 4.04. The van der Waals surface area contributed by atoms with Gasteiger partial charge in [0.05, 0.1) is 5.60 Å². The van der Waals surface area contributed by atoms with E-state index in [9.17, 15) is 0 Å². The van der Waals surface area contributed by atoms with Crippen molar-refractivity contribution in [1.82, 2.24) is 5.32 Å². The first-order valence-electron chi connectivity index (χ1n) is 8.27. The maximum absolute atomic E-state index is 6.26. The molecule has 0 aromatic carbocycles. The molecule has 2 aliphatic heterocycles. The molecule has 118 valence electrons. The topological polar surface area (TPSA) is 21.3 Å². The molecule has 0 amide bonds. The fourth-order valence-electron chi connectivity index (χ4n) is 3.83. The molecule has 1 N–H and O–H groups in total. The number of hydrogen-bond donors (Lipinski definition) is 1. The highest BCUT2D eigenvalue weighted by molar-refractivity contribution is 7.99. The Morgan fingerprint density at radius 1 is 1.43 bits per heavy atom. The highest BCUT2D eigenvalue weighted by Gasteiger charge is 2.40. The van der Waals surface area contributed by atoms with Gasteiger partial charge in [-0.1, -0.05) is 6.92 Å². The molecule has 2 atom stereocenters. The van der Waals surface area contributed by atoms with Crippen LogP contribution in [0.25, 0.3) is 0 Å². The van der Waals surface area contributed by atoms with Crippen LogP contribution < -0.4 is 5.32 Å². The van der Waals surface area contributed by atoms with Crippen molar-refractivity contribution in [2.45, 2.75) is 50.7 Å². The molecule has 2 saturated heterocycles. The zero-order valence-electron chi connectivity index (χ0n) is 13.0. The molecule has 3 rings (SSSR count). The van der Waals surface area contributed by atoms with Crippen LogP contribution >= 0.6 is 23.1 Å². The van der Waals surface area contributed by atoms with Gasteiger partial charge in [-0.25, -0.2) is 0 Å². The summed E-state index contributed by atoms with van der Waals surface area (Å²) in [6.45, 7) is 4.25. The summed E-state index contributed by atoms with van der Waals surface area (Å²) >= 11 is 3.90. The van der Waals surface area contributed by atoms with E-state index in [4.69, 9.17) is 4.74 Å². The average molecular weight is 326 g/mol. The Morgan fingerprint density at radius 2 is 2.29 bits per heavy atom. The second-order valence-electron chi connectivity index (χ2n) is 6.40. The predicted molar refractivity (Wildman–Crippen MR) is 93.5 cm³/mol. The van der Waals surface area contributed by atoms with E-state index in [1.54, 1.807) is 0 Å². The van der Waals surface area contributed by atoms with Crippen LogP contribution in [-0.4, -0.2) is 36.3 Å². The number of nitrogens with one attached hydrogen (secondary N) is 1. The molecule has 1 aromatic heterocycles. The van der Waals surface area contributed by atoms with E-state index < -0.39 is 0 Å². The third-order valence-corrected chi connectivity index (χ3v) is 6.72. The van der Waals surface area contributed by atoms with Gasteiger partial charge in [-0.05, 0) is 78.5 Å². The lowest BCUT2D eigenvalue weighted by molar-refractivity contribution is -0.107. The largest absolute Gasteiger partial charge is 0.375 e. The van der Waals surface area contributed by atoms with Crippen molar-refractivity contribution >= 4 is 23.1 Å². The molecule has 2 nitrogen and oxygen atoms in total. The Hall–Kier alpha value is -0.0300. The number of thioether (sulfide) groups is 1. The van der Waals surface area contributed by atoms with E-state index in [1.807, 2.05) is 11.3 Å². The van der Waals surface area contributed by atoms with E-state index in [0.717, 1.165) is 19.1 Å². The van der Waals surface area contributed by atoms with Crippen molar-refractivity contribution in [2.24, 2.45) is 5.92 Å². The van der Waals surface area contributed by atoms with Crippen LogP contribution in [-0.2, 0) is 11.2 Å². The third-order valence-electron chi connectivity index (χ3n) is 5.01. The van der Waals surface area contributed by atoms with E-state index in [2.05, 4.69) is 40.8 Å². The first kappa shape index (κ1) is 15.9. The molecule has 1 aromatic rings. The summed E-state index contributed by atoms with van der Waals surface area (Å²) in [6, 6.07) is 2.89. The minimum Gasteiger partial charge on any atom is -0.375 e. The number of hydrogen-bond acceptors (Lipinski definition) is 4. The van der Waals surface area contributed by atoms with E-state index in [1.165, 1.54) is 49.2 Å². The maximum atomic E-state index is 6.26. The number of rotatable bonds is 5. The van der Waals surface area contributed by atoms with Gasteiger partial charge in [0.2, 0.25) is 0 Å². The van der Waals surface area contributed by atoms with Gasteiger partial charge in [0.1, 0.15) is 0 Å². The highest BCUT2D eigenvalue weighted by atomic mass is 32.2. The maximum Gasteiger partial charge on any atom is 0.0701 e. The summed E-state index contributed by atoms with van der Waals surface area (Å²) in [4.78, 5) is 0. The highest BCUT2D eigenvalue weighted by Crippen LogP contribution is 2.41. The molecule has 0 aliphatic carbocycles. The zero-order valence-corrected chi connectivity index (χ0v) is 14.6. The van der Waals surface area contributed by atoms with Gasteiger partial charge in [-0.15, -0.1) is 0 Å². The van der Waals surface area contributed by atoms with Gasteiger partial charge in [0.15, 0.2) is 0 Å². The molecule has 1 spiro atoms. The van der Waals surface area contributed by atoms with Crippen LogP contribution in [0.2, 0.25) is 0 Å². The molecule has 21 heavy (non-hydrogen) atoms. The minimum atomic E-state index is 0.205. The van der Waals surface area contributed by atoms with Crippen molar-refractivity contribution in [3.05, 3.63) is 22.4 Å².